The summed E-state index contributed by atoms with van der Waals surface area (Å²) in [6, 6.07) is 23.6. The quantitative estimate of drug-likeness (QED) is 0.476. The summed E-state index contributed by atoms with van der Waals surface area (Å²) in [6.45, 7) is 0. The summed E-state index contributed by atoms with van der Waals surface area (Å²) in [5, 5.41) is 5.22. The standard InChI is InChI=1S/C23H21NO3S/c25-21(15-28-20-13-10-16-6-4-5-9-18(16)14-20)27-22(17-7-2-1-3-8-17)23(26)24-19-11-12-19/h1-10,13-14,19,22H,11-12,15H2,(H,24,26)/t22-/m0/s1. The Kier molecular flexibility index (Phi) is 5.63. The molecule has 3 aromatic rings. The third kappa shape index (κ3) is 4.73. The fraction of sp³-hybridized carbons (Fsp3) is 0.217. The van der Waals surface area contributed by atoms with Gasteiger partial charge in [0.2, 0.25) is 6.10 Å². The smallest absolute Gasteiger partial charge is 0.317 e. The summed E-state index contributed by atoms with van der Waals surface area (Å²) in [5.41, 5.74) is 0.685. The molecule has 3 aromatic carbocycles. The minimum absolute atomic E-state index is 0.151. The number of fused-ring (bicyclic) bond motifs is 1. The summed E-state index contributed by atoms with van der Waals surface area (Å²) >= 11 is 1.41. The maximum atomic E-state index is 12.6. The maximum absolute atomic E-state index is 12.6. The van der Waals surface area contributed by atoms with Crippen LogP contribution in [0, 0.1) is 0 Å². The van der Waals surface area contributed by atoms with Crippen LogP contribution in [-0.2, 0) is 14.3 Å². The Morgan fingerprint density at radius 1 is 0.964 bits per heavy atom. The Morgan fingerprint density at radius 2 is 1.68 bits per heavy atom. The van der Waals surface area contributed by atoms with Crippen molar-refractivity contribution in [3.8, 4) is 0 Å². The number of hydrogen-bond acceptors (Lipinski definition) is 4. The summed E-state index contributed by atoms with van der Waals surface area (Å²) in [5.74, 6) is -0.506. The zero-order valence-electron chi connectivity index (χ0n) is 15.3. The van der Waals surface area contributed by atoms with Crippen molar-refractivity contribution >= 4 is 34.4 Å². The minimum Gasteiger partial charge on any atom is -0.447 e. The van der Waals surface area contributed by atoms with Gasteiger partial charge < -0.3 is 10.1 Å². The molecule has 142 valence electrons. The lowest BCUT2D eigenvalue weighted by atomic mass is 10.1. The van der Waals surface area contributed by atoms with Crippen LogP contribution in [-0.4, -0.2) is 23.7 Å². The third-order valence-corrected chi connectivity index (χ3v) is 5.56. The van der Waals surface area contributed by atoms with Gasteiger partial charge in [0.25, 0.3) is 5.91 Å². The van der Waals surface area contributed by atoms with E-state index in [0.717, 1.165) is 28.5 Å². The van der Waals surface area contributed by atoms with Gasteiger partial charge in [0.1, 0.15) is 0 Å². The molecule has 4 rings (SSSR count). The monoisotopic (exact) mass is 391 g/mol. The van der Waals surface area contributed by atoms with Gasteiger partial charge in [-0.15, -0.1) is 11.8 Å². The van der Waals surface area contributed by atoms with E-state index in [0.29, 0.717) is 5.56 Å². The van der Waals surface area contributed by atoms with Crippen LogP contribution in [0.15, 0.2) is 77.7 Å². The van der Waals surface area contributed by atoms with E-state index < -0.39 is 12.1 Å². The number of ether oxygens (including phenoxy) is 1. The molecule has 1 amide bonds. The van der Waals surface area contributed by atoms with Gasteiger partial charge in [0, 0.05) is 16.5 Å². The Hall–Kier alpha value is -2.79. The maximum Gasteiger partial charge on any atom is 0.317 e. The molecule has 1 aliphatic rings. The number of nitrogens with one attached hydrogen (secondary N) is 1. The van der Waals surface area contributed by atoms with Crippen molar-refractivity contribution < 1.29 is 14.3 Å². The molecule has 0 aliphatic heterocycles. The molecule has 0 aromatic heterocycles. The van der Waals surface area contributed by atoms with Crippen LogP contribution >= 0.6 is 11.8 Å². The molecular weight excluding hydrogens is 370 g/mol. The van der Waals surface area contributed by atoms with E-state index in [1.807, 2.05) is 48.5 Å². The highest BCUT2D eigenvalue weighted by Gasteiger charge is 2.30. The van der Waals surface area contributed by atoms with Crippen molar-refractivity contribution in [3.63, 3.8) is 0 Å². The number of carbonyl (C=O) groups is 2. The molecule has 1 fully saturated rings. The van der Waals surface area contributed by atoms with E-state index in [2.05, 4.69) is 17.4 Å². The Balaban J connectivity index is 1.41. The van der Waals surface area contributed by atoms with Crippen LogP contribution in [0.2, 0.25) is 0 Å². The normalized spacial score (nSPS) is 14.4. The summed E-state index contributed by atoms with van der Waals surface area (Å²) in [7, 11) is 0. The number of hydrogen-bond donors (Lipinski definition) is 1. The first-order chi connectivity index (χ1) is 13.7. The molecule has 4 nitrogen and oxygen atoms in total. The Labute approximate surface area is 168 Å². The minimum atomic E-state index is -0.911. The zero-order chi connectivity index (χ0) is 19.3. The van der Waals surface area contributed by atoms with Gasteiger partial charge >= 0.3 is 5.97 Å². The van der Waals surface area contributed by atoms with E-state index in [-0.39, 0.29) is 17.7 Å². The lowest BCUT2D eigenvalue weighted by Gasteiger charge is -2.18. The van der Waals surface area contributed by atoms with Crippen molar-refractivity contribution in [1.29, 1.82) is 0 Å². The van der Waals surface area contributed by atoms with Crippen LogP contribution in [0.3, 0.4) is 0 Å². The molecule has 1 saturated carbocycles. The van der Waals surface area contributed by atoms with E-state index in [9.17, 15) is 9.59 Å². The highest BCUT2D eigenvalue weighted by atomic mass is 32.2. The van der Waals surface area contributed by atoms with Crippen molar-refractivity contribution in [2.24, 2.45) is 0 Å². The lowest BCUT2D eigenvalue weighted by Crippen LogP contribution is -2.33. The first kappa shape index (κ1) is 18.6. The number of thioether (sulfide) groups is 1. The van der Waals surface area contributed by atoms with E-state index in [1.165, 1.54) is 11.8 Å². The second-order valence-corrected chi connectivity index (χ2v) is 7.91. The van der Waals surface area contributed by atoms with E-state index in [4.69, 9.17) is 4.74 Å². The van der Waals surface area contributed by atoms with Crippen molar-refractivity contribution in [3.05, 3.63) is 78.4 Å². The molecule has 28 heavy (non-hydrogen) atoms. The molecule has 0 radical (unpaired) electrons. The van der Waals surface area contributed by atoms with Crippen LogP contribution in [0.4, 0.5) is 0 Å². The van der Waals surface area contributed by atoms with Crippen molar-refractivity contribution in [2.75, 3.05) is 5.75 Å². The van der Waals surface area contributed by atoms with Gasteiger partial charge in [-0.05, 0) is 35.7 Å². The molecule has 5 heteroatoms. The zero-order valence-corrected chi connectivity index (χ0v) is 16.2. The van der Waals surface area contributed by atoms with E-state index in [1.54, 1.807) is 12.1 Å². The second-order valence-electron chi connectivity index (χ2n) is 6.86. The van der Waals surface area contributed by atoms with Crippen molar-refractivity contribution in [2.45, 2.75) is 29.9 Å². The first-order valence-electron chi connectivity index (χ1n) is 9.35. The molecule has 1 atom stereocenters. The average molecular weight is 391 g/mol. The summed E-state index contributed by atoms with van der Waals surface area (Å²) in [4.78, 5) is 26.0. The third-order valence-electron chi connectivity index (χ3n) is 4.59. The average Bonchev–Trinajstić information content (AvgIpc) is 3.55. The number of amides is 1. The van der Waals surface area contributed by atoms with Gasteiger partial charge in [0.15, 0.2) is 0 Å². The SMILES string of the molecule is O=C(CSc1ccc2ccccc2c1)O[C@H](C(=O)NC1CC1)c1ccccc1. The largest absolute Gasteiger partial charge is 0.447 e. The first-order valence-corrected chi connectivity index (χ1v) is 10.3. The molecule has 0 heterocycles. The highest BCUT2D eigenvalue weighted by Crippen LogP contribution is 2.26. The van der Waals surface area contributed by atoms with Gasteiger partial charge in [-0.3, -0.25) is 9.59 Å². The number of carbonyl (C=O) groups excluding carboxylic acids is 2. The van der Waals surface area contributed by atoms with Crippen LogP contribution in [0.5, 0.6) is 0 Å². The summed E-state index contributed by atoms with van der Waals surface area (Å²) < 4.78 is 5.56. The van der Waals surface area contributed by atoms with E-state index >= 15 is 0 Å². The number of rotatable bonds is 7. The fourth-order valence-electron chi connectivity index (χ4n) is 2.97. The molecule has 0 saturated heterocycles. The molecule has 0 bridgehead atoms. The fourth-order valence-corrected chi connectivity index (χ4v) is 3.70. The predicted molar refractivity (Wildman–Crippen MR) is 111 cm³/mol. The van der Waals surface area contributed by atoms with Gasteiger partial charge in [-0.1, -0.05) is 60.7 Å². The number of esters is 1. The number of benzene rings is 3. The molecule has 1 aliphatic carbocycles. The molecule has 0 spiro atoms. The molecule has 1 N–H and O–H groups in total. The van der Waals surface area contributed by atoms with Gasteiger partial charge in [0.05, 0.1) is 5.75 Å². The van der Waals surface area contributed by atoms with Crippen LogP contribution < -0.4 is 5.32 Å². The highest BCUT2D eigenvalue weighted by molar-refractivity contribution is 8.00. The van der Waals surface area contributed by atoms with Gasteiger partial charge in [-0.2, -0.15) is 0 Å². The second kappa shape index (κ2) is 8.48. The Morgan fingerprint density at radius 3 is 2.43 bits per heavy atom. The molecular formula is C23H21NO3S. The van der Waals surface area contributed by atoms with Crippen molar-refractivity contribution in [1.82, 2.24) is 5.32 Å². The topological polar surface area (TPSA) is 55.4 Å². The molecule has 0 unspecified atom stereocenters. The lowest BCUT2D eigenvalue weighted by molar-refractivity contribution is -0.154. The van der Waals surface area contributed by atoms with Crippen LogP contribution in [0.25, 0.3) is 10.8 Å². The van der Waals surface area contributed by atoms with Crippen LogP contribution in [0.1, 0.15) is 24.5 Å². The van der Waals surface area contributed by atoms with Gasteiger partial charge in [-0.25, -0.2) is 0 Å². The summed E-state index contributed by atoms with van der Waals surface area (Å²) in [6.07, 6.45) is 1.06. The Bertz CT molecular complexity index is 985. The predicted octanol–water partition coefficient (Wildman–Crippen LogP) is 4.50.